The number of nitrogens with zero attached hydrogens (tertiary/aromatic N) is 2. The highest BCUT2D eigenvalue weighted by Gasteiger charge is 2.47. The van der Waals surface area contributed by atoms with Crippen LogP contribution >= 0.6 is 15.9 Å². The smallest absolute Gasteiger partial charge is 0.295 e. The molecule has 1 fully saturated rings. The highest BCUT2D eigenvalue weighted by atomic mass is 79.9. The minimum absolute atomic E-state index is 0.125. The van der Waals surface area contributed by atoms with Gasteiger partial charge in [0.2, 0.25) is 0 Å². The van der Waals surface area contributed by atoms with E-state index in [-0.39, 0.29) is 29.1 Å². The third kappa shape index (κ3) is 4.07. The molecule has 1 aromatic heterocycles. The lowest BCUT2D eigenvalue weighted by Gasteiger charge is -2.25. The van der Waals surface area contributed by atoms with Crippen LogP contribution in [0.1, 0.15) is 22.7 Å². The fraction of sp³-hybridized carbons (Fsp3) is 0.111. The number of Topliss-reactive ketones (excluding diaryl/α,β-unsaturated/α-hetero) is 1. The van der Waals surface area contributed by atoms with E-state index in [0.29, 0.717) is 12.0 Å². The number of hydrogen-bond donors (Lipinski definition) is 2. The van der Waals surface area contributed by atoms with E-state index in [9.17, 15) is 24.8 Å². The van der Waals surface area contributed by atoms with Gasteiger partial charge in [-0.05, 0) is 36.2 Å². The molecule has 36 heavy (non-hydrogen) atoms. The summed E-state index contributed by atoms with van der Waals surface area (Å²) < 4.78 is 0.772. The Hall–Kier alpha value is -4.24. The molecule has 1 aliphatic rings. The quantitative estimate of drug-likeness (QED) is 0.109. The van der Waals surface area contributed by atoms with E-state index >= 15 is 0 Å². The summed E-state index contributed by atoms with van der Waals surface area (Å²) in [5.41, 5.74) is 1.98. The van der Waals surface area contributed by atoms with Crippen molar-refractivity contribution in [1.82, 2.24) is 9.88 Å². The topological polar surface area (TPSA) is 117 Å². The van der Waals surface area contributed by atoms with Crippen LogP contribution < -0.4 is 0 Å². The number of ketones is 1. The molecule has 2 N–H and O–H groups in total. The molecule has 0 spiro atoms. The first-order valence-electron chi connectivity index (χ1n) is 11.2. The standard InChI is InChI=1S/C27H20BrN3O5/c28-18-11-9-16(10-12-18)25(32)23-24(20-6-2-4-8-22(20)31(35)36)30(27(34)26(23)33)14-13-17-15-29-21-7-3-1-5-19(17)21/h1-12,15,24,29,32H,13-14H2/t24-/m1/s1. The molecule has 8 nitrogen and oxygen atoms in total. The number of nitrogens with one attached hydrogen (secondary N) is 1. The molecule has 0 bridgehead atoms. The number of para-hydroxylation sites is 2. The number of likely N-dealkylation sites (tertiary alicyclic amines) is 1. The van der Waals surface area contributed by atoms with Crippen molar-refractivity contribution < 1.29 is 19.6 Å². The van der Waals surface area contributed by atoms with Crippen LogP contribution in [0.5, 0.6) is 0 Å². The highest BCUT2D eigenvalue weighted by molar-refractivity contribution is 9.10. The monoisotopic (exact) mass is 545 g/mol. The van der Waals surface area contributed by atoms with Crippen LogP contribution in [0.2, 0.25) is 0 Å². The summed E-state index contributed by atoms with van der Waals surface area (Å²) in [4.78, 5) is 42.3. The molecule has 2 heterocycles. The summed E-state index contributed by atoms with van der Waals surface area (Å²) in [6.07, 6.45) is 2.26. The van der Waals surface area contributed by atoms with Gasteiger partial charge in [0.05, 0.1) is 22.1 Å². The van der Waals surface area contributed by atoms with Crippen molar-refractivity contribution >= 4 is 50.0 Å². The lowest BCUT2D eigenvalue weighted by molar-refractivity contribution is -0.385. The number of fused-ring (bicyclic) bond motifs is 1. The number of carbonyl (C=O) groups is 2. The van der Waals surface area contributed by atoms with Gasteiger partial charge in [-0.3, -0.25) is 19.7 Å². The second-order valence-electron chi connectivity index (χ2n) is 8.42. The maximum absolute atomic E-state index is 13.2. The van der Waals surface area contributed by atoms with Crippen molar-refractivity contribution in [2.45, 2.75) is 12.5 Å². The molecule has 5 rings (SSSR count). The van der Waals surface area contributed by atoms with Crippen LogP contribution in [-0.2, 0) is 16.0 Å². The van der Waals surface area contributed by atoms with Gasteiger partial charge in [-0.2, -0.15) is 0 Å². The van der Waals surface area contributed by atoms with Crippen molar-refractivity contribution in [3.05, 3.63) is 116 Å². The van der Waals surface area contributed by atoms with Gasteiger partial charge in [0.25, 0.3) is 17.4 Å². The van der Waals surface area contributed by atoms with Crippen molar-refractivity contribution in [1.29, 1.82) is 0 Å². The average Bonchev–Trinajstić information content (AvgIpc) is 3.41. The van der Waals surface area contributed by atoms with Crippen molar-refractivity contribution in [3.63, 3.8) is 0 Å². The van der Waals surface area contributed by atoms with E-state index in [1.165, 1.54) is 23.1 Å². The van der Waals surface area contributed by atoms with Crippen molar-refractivity contribution in [2.24, 2.45) is 0 Å². The van der Waals surface area contributed by atoms with Crippen LogP contribution in [0.4, 0.5) is 5.69 Å². The zero-order valence-corrected chi connectivity index (χ0v) is 20.4. The Morgan fingerprint density at radius 3 is 2.47 bits per heavy atom. The average molecular weight is 546 g/mol. The number of benzene rings is 3. The number of amides is 1. The minimum atomic E-state index is -1.11. The Morgan fingerprint density at radius 2 is 1.72 bits per heavy atom. The number of rotatable bonds is 6. The number of carbonyl (C=O) groups excluding carboxylic acids is 2. The molecule has 1 atom stereocenters. The fourth-order valence-electron chi connectivity index (χ4n) is 4.66. The fourth-order valence-corrected chi connectivity index (χ4v) is 4.93. The number of H-pyrrole nitrogens is 1. The normalized spacial score (nSPS) is 17.1. The molecule has 4 aromatic rings. The van der Waals surface area contributed by atoms with E-state index in [1.54, 1.807) is 30.3 Å². The van der Waals surface area contributed by atoms with Gasteiger partial charge in [0, 0.05) is 39.7 Å². The first kappa shape index (κ1) is 23.5. The predicted octanol–water partition coefficient (Wildman–Crippen LogP) is 5.50. The maximum atomic E-state index is 13.2. The third-order valence-electron chi connectivity index (χ3n) is 6.38. The van der Waals surface area contributed by atoms with Crippen molar-refractivity contribution in [2.75, 3.05) is 6.54 Å². The van der Waals surface area contributed by atoms with Crippen molar-refractivity contribution in [3.8, 4) is 0 Å². The van der Waals surface area contributed by atoms with Crippen LogP contribution in [0, 0.1) is 10.1 Å². The minimum Gasteiger partial charge on any atom is -0.507 e. The van der Waals surface area contributed by atoms with E-state index < -0.39 is 22.7 Å². The van der Waals surface area contributed by atoms with Gasteiger partial charge in [0.1, 0.15) is 5.76 Å². The number of aromatic nitrogens is 1. The molecule has 0 saturated carbocycles. The summed E-state index contributed by atoms with van der Waals surface area (Å²) in [5, 5.41) is 24.0. The summed E-state index contributed by atoms with van der Waals surface area (Å²) in [6, 6.07) is 19.2. The Labute approximate surface area is 214 Å². The highest BCUT2D eigenvalue weighted by Crippen LogP contribution is 2.42. The summed E-state index contributed by atoms with van der Waals surface area (Å²) in [6.45, 7) is 0.125. The first-order valence-corrected chi connectivity index (χ1v) is 12.0. The molecule has 1 saturated heterocycles. The summed E-state index contributed by atoms with van der Waals surface area (Å²) >= 11 is 3.34. The van der Waals surface area contributed by atoms with Gasteiger partial charge in [0.15, 0.2) is 0 Å². The van der Waals surface area contributed by atoms with E-state index in [2.05, 4.69) is 20.9 Å². The van der Waals surface area contributed by atoms with Crippen LogP contribution in [0.25, 0.3) is 16.7 Å². The van der Waals surface area contributed by atoms with Gasteiger partial charge in [-0.15, -0.1) is 0 Å². The van der Waals surface area contributed by atoms with Crippen LogP contribution in [-0.4, -0.2) is 38.1 Å². The Bertz CT molecular complexity index is 1540. The Balaban J connectivity index is 1.62. The zero-order chi connectivity index (χ0) is 25.4. The van der Waals surface area contributed by atoms with E-state index in [0.717, 1.165) is 20.9 Å². The third-order valence-corrected chi connectivity index (χ3v) is 6.91. The van der Waals surface area contributed by atoms with Gasteiger partial charge in [-0.25, -0.2) is 0 Å². The van der Waals surface area contributed by atoms with E-state index in [1.807, 2.05) is 30.5 Å². The Kier molecular flexibility index (Phi) is 6.15. The summed E-state index contributed by atoms with van der Waals surface area (Å²) in [5.74, 6) is -2.06. The second-order valence-corrected chi connectivity index (χ2v) is 9.34. The number of nitro benzene ring substituents is 1. The molecule has 1 amide bonds. The predicted molar refractivity (Wildman–Crippen MR) is 138 cm³/mol. The molecule has 180 valence electrons. The molecule has 1 aliphatic heterocycles. The number of aliphatic hydroxyl groups excluding tert-OH is 1. The number of aliphatic hydroxyl groups is 1. The first-order chi connectivity index (χ1) is 17.4. The number of nitro groups is 1. The number of aromatic amines is 1. The van der Waals surface area contributed by atoms with Gasteiger partial charge < -0.3 is 15.0 Å². The summed E-state index contributed by atoms with van der Waals surface area (Å²) in [7, 11) is 0. The van der Waals surface area contributed by atoms with Gasteiger partial charge in [-0.1, -0.05) is 58.4 Å². The largest absolute Gasteiger partial charge is 0.507 e. The second kappa shape index (κ2) is 9.43. The van der Waals surface area contributed by atoms with Crippen LogP contribution in [0.3, 0.4) is 0 Å². The molecule has 9 heteroatoms. The number of halogens is 1. The molecular weight excluding hydrogens is 526 g/mol. The molecule has 0 radical (unpaired) electrons. The molecule has 0 aliphatic carbocycles. The maximum Gasteiger partial charge on any atom is 0.295 e. The SMILES string of the molecule is O=C1C(=O)N(CCc2c[nH]c3ccccc23)[C@H](c2ccccc2[N+](=O)[O-])C1=C(O)c1ccc(Br)cc1. The Morgan fingerprint density at radius 1 is 1.03 bits per heavy atom. The molecular formula is C27H20BrN3O5. The lowest BCUT2D eigenvalue weighted by Crippen LogP contribution is -2.32. The lowest BCUT2D eigenvalue weighted by atomic mass is 9.94. The van der Waals surface area contributed by atoms with Crippen LogP contribution in [0.15, 0.2) is 89.0 Å². The number of hydrogen-bond acceptors (Lipinski definition) is 5. The van der Waals surface area contributed by atoms with E-state index in [4.69, 9.17) is 0 Å². The van der Waals surface area contributed by atoms with Gasteiger partial charge >= 0.3 is 0 Å². The molecule has 0 unspecified atom stereocenters. The zero-order valence-electron chi connectivity index (χ0n) is 18.8. The molecule has 3 aromatic carbocycles.